The smallest absolute Gasteiger partial charge is 0.0540 e. The molecular formula is C67H61N. The van der Waals surface area contributed by atoms with Crippen LogP contribution in [0.3, 0.4) is 0 Å². The number of fused-ring (bicyclic) bond motifs is 6. The minimum atomic E-state index is -0.266. The van der Waals surface area contributed by atoms with Gasteiger partial charge >= 0.3 is 0 Å². The molecule has 334 valence electrons. The molecule has 0 radical (unpaired) electrons. The van der Waals surface area contributed by atoms with E-state index < -0.39 is 0 Å². The lowest BCUT2D eigenvalue weighted by atomic mass is 9.74. The first-order valence-electron chi connectivity index (χ1n) is 24.4. The van der Waals surface area contributed by atoms with Gasteiger partial charge in [0.05, 0.1) is 11.4 Å². The summed E-state index contributed by atoms with van der Waals surface area (Å²) in [7, 11) is 0. The van der Waals surface area contributed by atoms with Crippen LogP contribution in [0.5, 0.6) is 0 Å². The quantitative estimate of drug-likeness (QED) is 0.154. The lowest BCUT2D eigenvalue weighted by molar-refractivity contribution is 0.569. The Morgan fingerprint density at radius 1 is 0.338 bits per heavy atom. The van der Waals surface area contributed by atoms with Gasteiger partial charge in [0.2, 0.25) is 0 Å². The van der Waals surface area contributed by atoms with Crippen LogP contribution in [0.2, 0.25) is 0 Å². The molecule has 9 aromatic rings. The summed E-state index contributed by atoms with van der Waals surface area (Å²) < 4.78 is 0. The van der Waals surface area contributed by atoms with Crippen molar-refractivity contribution in [3.8, 4) is 55.6 Å². The Kier molecular flexibility index (Phi) is 10.2. The first kappa shape index (κ1) is 43.4. The molecule has 0 aliphatic heterocycles. The van der Waals surface area contributed by atoms with Gasteiger partial charge in [0.25, 0.3) is 0 Å². The van der Waals surface area contributed by atoms with E-state index in [0.717, 1.165) is 17.1 Å². The second-order valence-electron chi connectivity index (χ2n) is 21.9. The van der Waals surface area contributed by atoms with Crippen molar-refractivity contribution in [2.24, 2.45) is 0 Å². The van der Waals surface area contributed by atoms with Gasteiger partial charge in [-0.3, -0.25) is 0 Å². The summed E-state index contributed by atoms with van der Waals surface area (Å²) in [6, 6.07) is 77.7. The van der Waals surface area contributed by atoms with Gasteiger partial charge in [0.1, 0.15) is 0 Å². The van der Waals surface area contributed by atoms with Gasteiger partial charge in [0.15, 0.2) is 0 Å². The SMILES string of the molecule is CC(C)(C)c1cc(-c2ccccc2N(c2ccc(-c3ccc4c(c3)C(C)(c3ccccc3)c3ccccc3-4)cc2)c2ccccc2-c2cccc3c2C(C)(C)c2ccccc2-3)cc(C(C)(C)C)c1. The van der Waals surface area contributed by atoms with Crippen molar-refractivity contribution < 1.29 is 0 Å². The third-order valence-corrected chi connectivity index (χ3v) is 15.3. The molecule has 2 aliphatic rings. The van der Waals surface area contributed by atoms with Crippen molar-refractivity contribution in [3.05, 3.63) is 245 Å². The van der Waals surface area contributed by atoms with Crippen LogP contribution >= 0.6 is 0 Å². The van der Waals surface area contributed by atoms with Crippen molar-refractivity contribution in [2.45, 2.75) is 84.0 Å². The topological polar surface area (TPSA) is 3.24 Å². The van der Waals surface area contributed by atoms with E-state index in [9.17, 15) is 0 Å². The summed E-state index contributed by atoms with van der Waals surface area (Å²) in [6.07, 6.45) is 0. The second-order valence-corrected chi connectivity index (χ2v) is 21.9. The number of para-hydroxylation sites is 2. The van der Waals surface area contributed by atoms with Gasteiger partial charge in [-0.2, -0.15) is 0 Å². The van der Waals surface area contributed by atoms with Gasteiger partial charge in [-0.05, 0) is 132 Å². The van der Waals surface area contributed by atoms with Crippen LogP contribution in [0.15, 0.2) is 206 Å². The molecule has 1 nitrogen and oxygen atoms in total. The fourth-order valence-corrected chi connectivity index (χ4v) is 11.5. The molecule has 0 N–H and O–H groups in total. The Balaban J connectivity index is 1.10. The van der Waals surface area contributed by atoms with Crippen LogP contribution in [-0.2, 0) is 21.7 Å². The van der Waals surface area contributed by atoms with Gasteiger partial charge in [0, 0.05) is 27.6 Å². The number of hydrogen-bond acceptors (Lipinski definition) is 1. The molecule has 1 atom stereocenters. The molecule has 0 amide bonds. The van der Waals surface area contributed by atoms with Crippen molar-refractivity contribution in [1.29, 1.82) is 0 Å². The van der Waals surface area contributed by atoms with Crippen molar-refractivity contribution in [3.63, 3.8) is 0 Å². The van der Waals surface area contributed by atoms with Crippen LogP contribution in [0.4, 0.5) is 17.1 Å². The number of rotatable bonds is 7. The molecule has 9 aromatic carbocycles. The summed E-state index contributed by atoms with van der Waals surface area (Å²) in [4.78, 5) is 2.52. The highest BCUT2D eigenvalue weighted by Gasteiger charge is 2.41. The molecule has 0 spiro atoms. The normalized spacial score (nSPS) is 15.6. The van der Waals surface area contributed by atoms with Crippen LogP contribution in [0.25, 0.3) is 55.6 Å². The van der Waals surface area contributed by atoms with E-state index in [1.165, 1.54) is 94.6 Å². The summed E-state index contributed by atoms with van der Waals surface area (Å²) >= 11 is 0. The maximum Gasteiger partial charge on any atom is 0.0540 e. The van der Waals surface area contributed by atoms with Gasteiger partial charge in [-0.25, -0.2) is 0 Å². The Bertz CT molecular complexity index is 3360. The maximum absolute atomic E-state index is 2.52. The predicted octanol–water partition coefficient (Wildman–Crippen LogP) is 18.4. The summed E-state index contributed by atoms with van der Waals surface area (Å²) in [6.45, 7) is 21.2. The Morgan fingerprint density at radius 2 is 0.809 bits per heavy atom. The third-order valence-electron chi connectivity index (χ3n) is 15.3. The lowest BCUT2D eigenvalue weighted by Gasteiger charge is -2.32. The molecule has 0 saturated carbocycles. The molecular weight excluding hydrogens is 819 g/mol. The largest absolute Gasteiger partial charge is 0.309 e. The lowest BCUT2D eigenvalue weighted by Crippen LogP contribution is -2.22. The fraction of sp³-hybridized carbons (Fsp3) is 0.194. The fourth-order valence-electron chi connectivity index (χ4n) is 11.5. The monoisotopic (exact) mass is 879 g/mol. The number of hydrogen-bond donors (Lipinski definition) is 0. The molecule has 68 heavy (non-hydrogen) atoms. The van der Waals surface area contributed by atoms with Crippen LogP contribution in [0.1, 0.15) is 101 Å². The molecule has 0 fully saturated rings. The van der Waals surface area contributed by atoms with E-state index >= 15 is 0 Å². The zero-order valence-electron chi connectivity index (χ0n) is 41.1. The van der Waals surface area contributed by atoms with E-state index in [-0.39, 0.29) is 21.7 Å². The van der Waals surface area contributed by atoms with E-state index in [1.807, 2.05) is 0 Å². The van der Waals surface area contributed by atoms with Crippen LogP contribution < -0.4 is 4.90 Å². The minimum Gasteiger partial charge on any atom is -0.309 e. The first-order chi connectivity index (χ1) is 32.6. The van der Waals surface area contributed by atoms with Gasteiger partial charge in [-0.1, -0.05) is 231 Å². The highest BCUT2D eigenvalue weighted by atomic mass is 15.1. The summed E-state index contributed by atoms with van der Waals surface area (Å²) in [5.41, 5.74) is 25.0. The minimum absolute atomic E-state index is 0.0238. The van der Waals surface area contributed by atoms with Gasteiger partial charge < -0.3 is 4.90 Å². The predicted molar refractivity (Wildman–Crippen MR) is 290 cm³/mol. The molecule has 0 heterocycles. The van der Waals surface area contributed by atoms with Crippen LogP contribution in [0, 0.1) is 0 Å². The van der Waals surface area contributed by atoms with Crippen molar-refractivity contribution in [1.82, 2.24) is 0 Å². The zero-order valence-corrected chi connectivity index (χ0v) is 41.1. The van der Waals surface area contributed by atoms with Gasteiger partial charge in [-0.15, -0.1) is 0 Å². The van der Waals surface area contributed by atoms with Crippen molar-refractivity contribution >= 4 is 17.1 Å². The van der Waals surface area contributed by atoms with E-state index in [0.29, 0.717) is 0 Å². The average Bonchev–Trinajstić information content (AvgIpc) is 3.75. The van der Waals surface area contributed by atoms with E-state index in [1.54, 1.807) is 0 Å². The van der Waals surface area contributed by atoms with E-state index in [4.69, 9.17) is 0 Å². The molecule has 11 rings (SSSR count). The Labute approximate surface area is 404 Å². The zero-order chi connectivity index (χ0) is 47.2. The second kappa shape index (κ2) is 16.0. The average molecular weight is 880 g/mol. The summed E-state index contributed by atoms with van der Waals surface area (Å²) in [5.74, 6) is 0. The van der Waals surface area contributed by atoms with Crippen molar-refractivity contribution in [2.75, 3.05) is 4.90 Å². The molecule has 0 saturated heterocycles. The number of nitrogens with zero attached hydrogens (tertiary/aromatic N) is 1. The summed E-state index contributed by atoms with van der Waals surface area (Å²) in [5, 5.41) is 0. The Morgan fingerprint density at radius 3 is 1.44 bits per heavy atom. The molecule has 2 aliphatic carbocycles. The van der Waals surface area contributed by atoms with Crippen LogP contribution in [-0.4, -0.2) is 0 Å². The molecule has 1 heteroatoms. The first-order valence-corrected chi connectivity index (χ1v) is 24.4. The number of anilines is 3. The third kappa shape index (κ3) is 6.97. The van der Waals surface area contributed by atoms with E-state index in [2.05, 4.69) is 273 Å². The molecule has 0 bridgehead atoms. The number of benzene rings is 9. The molecule has 1 unspecified atom stereocenters. The Hall–Kier alpha value is -7.22. The standard InChI is InChI=1S/C67H61N/c1-64(2,3)48-40-46(41-49(43-48)65(4,5)6)51-24-15-19-32-61(51)68(62-33-20-16-27-55(62)57-29-21-28-56-53-26-13-17-30-58(53)66(7,8)63(56)57)50-37-34-44(35-38-50)45-36-39-54-52-25-14-18-31-59(52)67(9,60(54)42-45)47-22-11-10-12-23-47/h10-43H,1-9H3. The maximum atomic E-state index is 2.52. The highest BCUT2D eigenvalue weighted by Crippen LogP contribution is 2.56. The molecule has 0 aromatic heterocycles. The highest BCUT2D eigenvalue weighted by molar-refractivity contribution is 5.97.